The van der Waals surface area contributed by atoms with E-state index in [0.717, 1.165) is 0 Å². The number of ketones is 1. The topological polar surface area (TPSA) is 17.1 Å². The summed E-state index contributed by atoms with van der Waals surface area (Å²) in [4.78, 5) is 10.5. The molecule has 0 aliphatic carbocycles. The molecule has 0 N–H and O–H groups in total. The average molecular weight is 132 g/mol. The molecule has 0 aromatic rings. The Kier molecular flexibility index (Phi) is 2.82. The lowest BCUT2D eigenvalue weighted by Gasteiger charge is -2.14. The van der Waals surface area contributed by atoms with Gasteiger partial charge in [-0.2, -0.15) is 0 Å². The van der Waals surface area contributed by atoms with Gasteiger partial charge in [0.05, 0.1) is 0 Å². The van der Waals surface area contributed by atoms with Crippen LogP contribution in [-0.4, -0.2) is 12.5 Å². The molecule has 0 bridgehead atoms. The van der Waals surface area contributed by atoms with Crippen LogP contribution in [0.15, 0.2) is 0 Å². The number of hydrogen-bond donors (Lipinski definition) is 0. The van der Waals surface area contributed by atoms with Crippen LogP contribution >= 0.6 is 0 Å². The smallest absolute Gasteiger partial charge is 0.164 e. The van der Waals surface area contributed by atoms with Gasteiger partial charge in [0.1, 0.15) is 6.67 Å². The highest BCUT2D eigenvalue weighted by atomic mass is 19.1. The van der Waals surface area contributed by atoms with E-state index in [1.165, 1.54) is 0 Å². The van der Waals surface area contributed by atoms with Gasteiger partial charge in [0.25, 0.3) is 0 Å². The number of carbonyl (C=O) groups excluding carboxylic acids is 1. The maximum Gasteiger partial charge on any atom is 0.164 e. The molecule has 0 spiro atoms. The lowest BCUT2D eigenvalue weighted by atomic mass is 9.90. The third-order valence-corrected chi connectivity index (χ3v) is 0.877. The van der Waals surface area contributed by atoms with E-state index in [9.17, 15) is 9.18 Å². The molecule has 0 fully saturated rings. The van der Waals surface area contributed by atoms with E-state index in [1.54, 1.807) is 0 Å². The van der Waals surface area contributed by atoms with Gasteiger partial charge in [-0.05, 0) is 5.41 Å². The van der Waals surface area contributed by atoms with E-state index in [1.807, 2.05) is 20.8 Å². The van der Waals surface area contributed by atoms with Crippen molar-refractivity contribution in [3.05, 3.63) is 0 Å². The number of hydrogen-bond acceptors (Lipinski definition) is 1. The molecule has 0 aliphatic heterocycles. The molecule has 0 saturated heterocycles. The Labute approximate surface area is 55.3 Å². The molecular formula is C7H13FO. The predicted octanol–water partition coefficient (Wildman–Crippen LogP) is 1.96. The van der Waals surface area contributed by atoms with E-state index >= 15 is 0 Å². The van der Waals surface area contributed by atoms with Crippen LogP contribution < -0.4 is 0 Å². The van der Waals surface area contributed by atoms with Crippen LogP contribution in [0.3, 0.4) is 0 Å². The highest BCUT2D eigenvalue weighted by Crippen LogP contribution is 2.18. The molecule has 2 heteroatoms. The zero-order valence-corrected chi connectivity index (χ0v) is 6.20. The van der Waals surface area contributed by atoms with Gasteiger partial charge >= 0.3 is 0 Å². The summed E-state index contributed by atoms with van der Waals surface area (Å²) in [5.74, 6) is -0.303. The van der Waals surface area contributed by atoms with E-state index in [2.05, 4.69) is 0 Å². The summed E-state index contributed by atoms with van der Waals surface area (Å²) in [5, 5.41) is 0. The van der Waals surface area contributed by atoms with Crippen LogP contribution in [-0.2, 0) is 4.79 Å². The summed E-state index contributed by atoms with van der Waals surface area (Å²) >= 11 is 0. The van der Waals surface area contributed by atoms with Crippen molar-refractivity contribution in [2.45, 2.75) is 27.2 Å². The average Bonchev–Trinajstić information content (AvgIpc) is 1.62. The molecule has 54 valence electrons. The Morgan fingerprint density at radius 1 is 1.44 bits per heavy atom. The summed E-state index contributed by atoms with van der Waals surface area (Å²) in [5.41, 5.74) is -0.0663. The fraction of sp³-hybridized carbons (Fsp3) is 0.857. The maximum absolute atomic E-state index is 11.6. The molecule has 0 radical (unpaired) electrons. The van der Waals surface area contributed by atoms with Crippen molar-refractivity contribution < 1.29 is 9.18 Å². The molecular weight excluding hydrogens is 119 g/mol. The van der Waals surface area contributed by atoms with E-state index in [-0.39, 0.29) is 11.2 Å². The van der Waals surface area contributed by atoms with Gasteiger partial charge in [-0.25, -0.2) is 4.39 Å². The molecule has 0 aromatic heterocycles. The van der Waals surface area contributed by atoms with Crippen LogP contribution in [0, 0.1) is 5.41 Å². The second kappa shape index (κ2) is 2.95. The summed E-state index contributed by atoms with van der Waals surface area (Å²) < 4.78 is 11.6. The third-order valence-electron chi connectivity index (χ3n) is 0.877. The van der Waals surface area contributed by atoms with E-state index < -0.39 is 6.67 Å². The largest absolute Gasteiger partial charge is 0.297 e. The normalized spacial score (nSPS) is 11.6. The Morgan fingerprint density at radius 2 is 1.89 bits per heavy atom. The Balaban J connectivity index is 3.60. The van der Waals surface area contributed by atoms with Gasteiger partial charge in [-0.15, -0.1) is 0 Å². The number of rotatable bonds is 2. The first kappa shape index (κ1) is 8.60. The Bertz CT molecular complexity index is 102. The zero-order chi connectivity index (χ0) is 7.49. The summed E-state index contributed by atoms with van der Waals surface area (Å²) in [6, 6.07) is 0. The van der Waals surface area contributed by atoms with Gasteiger partial charge in [-0.3, -0.25) is 4.79 Å². The fourth-order valence-corrected chi connectivity index (χ4v) is 0.639. The standard InChI is InChI=1S/C7H13FO/c1-7(2,3)4-6(9)5-8/h4-5H2,1-3H3. The Hall–Kier alpha value is -0.400. The van der Waals surface area contributed by atoms with Crippen LogP contribution in [0.4, 0.5) is 4.39 Å². The van der Waals surface area contributed by atoms with Crippen molar-refractivity contribution >= 4 is 5.78 Å². The quantitative estimate of drug-likeness (QED) is 0.561. The summed E-state index contributed by atoms with van der Waals surface area (Å²) in [7, 11) is 0. The van der Waals surface area contributed by atoms with Crippen molar-refractivity contribution in [1.82, 2.24) is 0 Å². The van der Waals surface area contributed by atoms with Crippen LogP contribution in [0.1, 0.15) is 27.2 Å². The minimum atomic E-state index is -0.822. The van der Waals surface area contributed by atoms with Crippen molar-refractivity contribution in [2.75, 3.05) is 6.67 Å². The highest BCUT2D eigenvalue weighted by molar-refractivity contribution is 5.80. The van der Waals surface area contributed by atoms with E-state index in [0.29, 0.717) is 6.42 Å². The zero-order valence-electron chi connectivity index (χ0n) is 6.20. The van der Waals surface area contributed by atoms with Gasteiger partial charge < -0.3 is 0 Å². The molecule has 0 unspecified atom stereocenters. The van der Waals surface area contributed by atoms with Crippen molar-refractivity contribution in [3.63, 3.8) is 0 Å². The second-order valence-electron chi connectivity index (χ2n) is 3.41. The van der Waals surface area contributed by atoms with Gasteiger partial charge in [0, 0.05) is 6.42 Å². The SMILES string of the molecule is CC(C)(C)CC(=O)CF. The van der Waals surface area contributed by atoms with Gasteiger partial charge in [0.15, 0.2) is 5.78 Å². The number of Topliss-reactive ketones (excluding diaryl/α,β-unsaturated/α-hetero) is 1. The fourth-order valence-electron chi connectivity index (χ4n) is 0.639. The molecule has 1 nitrogen and oxygen atoms in total. The second-order valence-corrected chi connectivity index (χ2v) is 3.41. The molecule has 0 heterocycles. The molecule has 9 heavy (non-hydrogen) atoms. The number of alkyl halides is 1. The van der Waals surface area contributed by atoms with Crippen molar-refractivity contribution in [3.8, 4) is 0 Å². The molecule has 0 amide bonds. The van der Waals surface area contributed by atoms with E-state index in [4.69, 9.17) is 0 Å². The van der Waals surface area contributed by atoms with Crippen LogP contribution in [0.5, 0.6) is 0 Å². The minimum Gasteiger partial charge on any atom is -0.297 e. The van der Waals surface area contributed by atoms with Crippen molar-refractivity contribution in [1.29, 1.82) is 0 Å². The number of carbonyl (C=O) groups is 1. The number of halogens is 1. The maximum atomic E-state index is 11.6. The molecule has 0 atom stereocenters. The molecule has 0 saturated carbocycles. The lowest BCUT2D eigenvalue weighted by molar-refractivity contribution is -0.121. The summed E-state index contributed by atoms with van der Waals surface area (Å²) in [6.07, 6.45) is 0.337. The first-order valence-electron chi connectivity index (χ1n) is 3.03. The van der Waals surface area contributed by atoms with Crippen molar-refractivity contribution in [2.24, 2.45) is 5.41 Å². The molecule has 0 aliphatic rings. The van der Waals surface area contributed by atoms with Crippen LogP contribution in [0.2, 0.25) is 0 Å². The van der Waals surface area contributed by atoms with Crippen LogP contribution in [0.25, 0.3) is 0 Å². The first-order valence-corrected chi connectivity index (χ1v) is 3.03. The monoisotopic (exact) mass is 132 g/mol. The predicted molar refractivity (Wildman–Crippen MR) is 35.1 cm³/mol. The summed E-state index contributed by atoms with van der Waals surface area (Å²) in [6.45, 7) is 4.93. The minimum absolute atomic E-state index is 0.0663. The molecule has 0 rings (SSSR count). The Morgan fingerprint density at radius 3 is 2.00 bits per heavy atom. The molecule has 0 aromatic carbocycles. The first-order chi connectivity index (χ1) is 3.95. The highest BCUT2D eigenvalue weighted by Gasteiger charge is 2.14. The van der Waals surface area contributed by atoms with Gasteiger partial charge in [0.2, 0.25) is 0 Å². The third kappa shape index (κ3) is 5.47. The lowest BCUT2D eigenvalue weighted by Crippen LogP contribution is -2.13. The van der Waals surface area contributed by atoms with Gasteiger partial charge in [-0.1, -0.05) is 20.8 Å².